The van der Waals surface area contributed by atoms with Gasteiger partial charge < -0.3 is 14.4 Å². The van der Waals surface area contributed by atoms with Crippen LogP contribution in [0, 0.1) is 0 Å². The van der Waals surface area contributed by atoms with Crippen LogP contribution in [0.3, 0.4) is 0 Å². The highest BCUT2D eigenvalue weighted by atomic mass is 35.5. The molecule has 0 bridgehead atoms. The zero-order chi connectivity index (χ0) is 14.7. The van der Waals surface area contributed by atoms with Gasteiger partial charge in [0.15, 0.2) is 10.7 Å². The molecule has 0 radical (unpaired) electrons. The van der Waals surface area contributed by atoms with Gasteiger partial charge in [-0.2, -0.15) is 0 Å². The molecule has 1 atom stereocenters. The molecule has 0 aromatic carbocycles. The Morgan fingerprint density at radius 3 is 2.26 bits per heavy atom. The third-order valence-electron chi connectivity index (χ3n) is 3.62. The van der Waals surface area contributed by atoms with E-state index in [0.717, 1.165) is 13.1 Å². The van der Waals surface area contributed by atoms with Crippen molar-refractivity contribution < 1.29 is 14.3 Å². The molecule has 19 heavy (non-hydrogen) atoms. The predicted octanol–water partition coefficient (Wildman–Crippen LogP) is 2.34. The quantitative estimate of drug-likeness (QED) is 0.409. The van der Waals surface area contributed by atoms with Gasteiger partial charge >= 0.3 is 0 Å². The lowest BCUT2D eigenvalue weighted by atomic mass is 9.93. The van der Waals surface area contributed by atoms with E-state index in [-0.39, 0.29) is 12.2 Å². The lowest BCUT2D eigenvalue weighted by molar-refractivity contribution is -0.205. The maximum Gasteiger partial charge on any atom is 0.237 e. The smallest absolute Gasteiger partial charge is 0.237 e. The fourth-order valence-electron chi connectivity index (χ4n) is 2.61. The number of alkyl halides is 1. The van der Waals surface area contributed by atoms with E-state index in [1.807, 2.05) is 18.7 Å². The van der Waals surface area contributed by atoms with E-state index in [1.165, 1.54) is 20.3 Å². The Morgan fingerprint density at radius 2 is 1.89 bits per heavy atom. The van der Waals surface area contributed by atoms with Gasteiger partial charge in [-0.1, -0.05) is 6.08 Å². The summed E-state index contributed by atoms with van der Waals surface area (Å²) in [5.41, 5.74) is 0.671. The van der Waals surface area contributed by atoms with Crippen molar-refractivity contribution in [3.8, 4) is 0 Å². The van der Waals surface area contributed by atoms with Crippen LogP contribution in [0.4, 0.5) is 0 Å². The van der Waals surface area contributed by atoms with Crippen LogP contribution < -0.4 is 0 Å². The molecule has 4 nitrogen and oxygen atoms in total. The van der Waals surface area contributed by atoms with Crippen molar-refractivity contribution in [3.05, 3.63) is 24.4 Å². The molecule has 0 fully saturated rings. The molecule has 0 spiro atoms. The Morgan fingerprint density at radius 1 is 1.37 bits per heavy atom. The highest BCUT2D eigenvalue weighted by molar-refractivity contribution is 6.39. The van der Waals surface area contributed by atoms with E-state index < -0.39 is 10.7 Å². The second-order valence-corrected chi connectivity index (χ2v) is 5.03. The largest absolute Gasteiger partial charge is 0.371 e. The van der Waals surface area contributed by atoms with Gasteiger partial charge in [0.05, 0.1) is 5.70 Å². The van der Waals surface area contributed by atoms with Gasteiger partial charge in [0, 0.05) is 33.4 Å². The van der Waals surface area contributed by atoms with Crippen LogP contribution >= 0.6 is 11.6 Å². The minimum atomic E-state index is -1.30. The minimum absolute atomic E-state index is 0.209. The summed E-state index contributed by atoms with van der Waals surface area (Å²) < 4.78 is 11.1. The maximum atomic E-state index is 12.3. The van der Waals surface area contributed by atoms with Crippen LogP contribution in [0.15, 0.2) is 24.4 Å². The normalized spacial score (nSPS) is 25.3. The van der Waals surface area contributed by atoms with Crippen molar-refractivity contribution in [2.45, 2.75) is 30.9 Å². The molecule has 5 heteroatoms. The van der Waals surface area contributed by atoms with Gasteiger partial charge in [-0.25, -0.2) is 0 Å². The number of nitrogens with zero attached hydrogens (tertiary/aromatic N) is 1. The molecule has 1 rings (SSSR count). The monoisotopic (exact) mass is 287 g/mol. The van der Waals surface area contributed by atoms with Gasteiger partial charge in [0.1, 0.15) is 0 Å². The van der Waals surface area contributed by atoms with E-state index >= 15 is 0 Å². The van der Waals surface area contributed by atoms with Crippen molar-refractivity contribution in [1.29, 1.82) is 0 Å². The van der Waals surface area contributed by atoms with E-state index in [4.69, 9.17) is 21.1 Å². The molecule has 0 amide bonds. The molecular formula is C14H22ClNO3. The number of halogens is 1. The fraction of sp³-hybridized carbons (Fsp3) is 0.643. The molecule has 0 aliphatic heterocycles. The average Bonchev–Trinajstić information content (AvgIpc) is 2.61. The number of likely N-dealkylation sites (N-methyl/N-ethyl adjacent to an activating group) is 1. The number of ketones is 1. The number of ether oxygens (including phenoxy) is 2. The lowest BCUT2D eigenvalue weighted by Gasteiger charge is -2.42. The number of carbonyl (C=O) groups excluding carboxylic acids is 1. The van der Waals surface area contributed by atoms with Gasteiger partial charge in [-0.3, -0.25) is 4.79 Å². The number of rotatable bonds is 7. The fourth-order valence-corrected chi connectivity index (χ4v) is 3.03. The molecule has 1 aliphatic carbocycles. The molecule has 1 aliphatic rings. The van der Waals surface area contributed by atoms with Crippen LogP contribution in [0.5, 0.6) is 0 Å². The first kappa shape index (κ1) is 16.2. The summed E-state index contributed by atoms with van der Waals surface area (Å²) >= 11 is 6.55. The number of hydrogen-bond donors (Lipinski definition) is 0. The summed E-state index contributed by atoms with van der Waals surface area (Å²) in [7, 11) is 3.00. The van der Waals surface area contributed by atoms with Crippen LogP contribution in [0.25, 0.3) is 0 Å². The number of hydrogen-bond acceptors (Lipinski definition) is 4. The van der Waals surface area contributed by atoms with Crippen molar-refractivity contribution in [1.82, 2.24) is 4.90 Å². The van der Waals surface area contributed by atoms with Crippen LogP contribution in [-0.4, -0.2) is 48.7 Å². The second-order valence-electron chi connectivity index (χ2n) is 4.38. The molecule has 0 aromatic heterocycles. The SMILES string of the molecule is C=CCC1(Cl)C(=O)C=C(N(CC)CC)C1(OC)OC. The Bertz CT molecular complexity index is 386. The Hall–Kier alpha value is -0.840. The lowest BCUT2D eigenvalue weighted by Crippen LogP contribution is -2.57. The van der Waals surface area contributed by atoms with E-state index in [2.05, 4.69) is 6.58 Å². The molecule has 0 heterocycles. The van der Waals surface area contributed by atoms with E-state index in [1.54, 1.807) is 6.08 Å². The molecule has 0 saturated heterocycles. The summed E-state index contributed by atoms with van der Waals surface area (Å²) in [4.78, 5) is 13.0. The van der Waals surface area contributed by atoms with E-state index in [9.17, 15) is 4.79 Å². The third kappa shape index (κ3) is 2.22. The second kappa shape index (κ2) is 6.07. The Labute approximate surface area is 120 Å². The molecule has 108 valence electrons. The summed E-state index contributed by atoms with van der Waals surface area (Å²) in [5, 5.41) is 0. The first-order valence-electron chi connectivity index (χ1n) is 6.39. The Balaban J connectivity index is 3.36. The molecule has 0 aromatic rings. The van der Waals surface area contributed by atoms with Crippen molar-refractivity contribution in [2.75, 3.05) is 27.3 Å². The predicted molar refractivity (Wildman–Crippen MR) is 76.2 cm³/mol. The number of allylic oxidation sites excluding steroid dienone is 2. The highest BCUT2D eigenvalue weighted by Gasteiger charge is 2.63. The van der Waals surface area contributed by atoms with Gasteiger partial charge in [0.2, 0.25) is 5.79 Å². The van der Waals surface area contributed by atoms with Crippen LogP contribution in [0.2, 0.25) is 0 Å². The van der Waals surface area contributed by atoms with Gasteiger partial charge in [-0.15, -0.1) is 18.2 Å². The summed E-state index contributed by atoms with van der Waals surface area (Å²) in [6.07, 6.45) is 3.41. The first-order valence-corrected chi connectivity index (χ1v) is 6.76. The molecule has 0 saturated carbocycles. The van der Waals surface area contributed by atoms with Crippen LogP contribution in [0.1, 0.15) is 20.3 Å². The molecule has 0 N–H and O–H groups in total. The standard InChI is InChI=1S/C14H22ClNO3/c1-6-9-13(15)12(17)10-11(16(7-2)8-3)14(13,18-4)19-5/h6,10H,1,7-9H2,2-5H3. The zero-order valence-corrected chi connectivity index (χ0v) is 12.8. The van der Waals surface area contributed by atoms with Gasteiger partial charge in [0.25, 0.3) is 0 Å². The molecule has 1 unspecified atom stereocenters. The topological polar surface area (TPSA) is 38.8 Å². The zero-order valence-electron chi connectivity index (χ0n) is 12.0. The number of methoxy groups -OCH3 is 2. The Kier molecular flexibility index (Phi) is 5.18. The van der Waals surface area contributed by atoms with Crippen molar-refractivity contribution in [3.63, 3.8) is 0 Å². The summed E-state index contributed by atoms with van der Waals surface area (Å²) in [6, 6.07) is 0. The number of carbonyl (C=O) groups is 1. The maximum absolute atomic E-state index is 12.3. The first-order chi connectivity index (χ1) is 8.97. The van der Waals surface area contributed by atoms with Crippen molar-refractivity contribution >= 4 is 17.4 Å². The summed E-state index contributed by atoms with van der Waals surface area (Å²) in [6.45, 7) is 9.16. The summed E-state index contributed by atoms with van der Waals surface area (Å²) in [5.74, 6) is -1.48. The molecular weight excluding hydrogens is 266 g/mol. The average molecular weight is 288 g/mol. The van der Waals surface area contributed by atoms with E-state index in [0.29, 0.717) is 5.70 Å². The van der Waals surface area contributed by atoms with Crippen LogP contribution in [-0.2, 0) is 14.3 Å². The van der Waals surface area contributed by atoms with Gasteiger partial charge in [-0.05, 0) is 20.3 Å². The third-order valence-corrected chi connectivity index (χ3v) is 4.21. The minimum Gasteiger partial charge on any atom is -0.371 e. The highest BCUT2D eigenvalue weighted by Crippen LogP contribution is 2.48. The van der Waals surface area contributed by atoms with Crippen molar-refractivity contribution in [2.24, 2.45) is 0 Å².